The summed E-state index contributed by atoms with van der Waals surface area (Å²) in [6.45, 7) is 1.74. The highest BCUT2D eigenvalue weighted by atomic mass is 16.5. The molecule has 1 aliphatic rings. The molecule has 1 aromatic carbocycles. The summed E-state index contributed by atoms with van der Waals surface area (Å²) in [5.41, 5.74) is 3.58. The van der Waals surface area contributed by atoms with Gasteiger partial charge in [-0.1, -0.05) is 6.07 Å². The Morgan fingerprint density at radius 1 is 1.13 bits per heavy atom. The molecular weight excluding hydrogens is 382 g/mol. The number of aryl methyl sites for hydroxylation is 1. The largest absolute Gasteiger partial charge is 0.468 e. The van der Waals surface area contributed by atoms with Crippen molar-refractivity contribution < 1.29 is 14.3 Å². The van der Waals surface area contributed by atoms with Crippen molar-refractivity contribution in [1.29, 1.82) is 0 Å². The van der Waals surface area contributed by atoms with Gasteiger partial charge in [0.25, 0.3) is 0 Å². The predicted octanol–water partition coefficient (Wildman–Crippen LogP) is 2.03. The number of ketones is 1. The summed E-state index contributed by atoms with van der Waals surface area (Å²) in [6.07, 6.45) is 5.57. The molecule has 0 atom stereocenters. The zero-order valence-corrected chi connectivity index (χ0v) is 17.2. The second-order valence-corrected chi connectivity index (χ2v) is 7.78. The van der Waals surface area contributed by atoms with E-state index in [2.05, 4.69) is 21.4 Å². The Morgan fingerprint density at radius 3 is 2.63 bits per heavy atom. The molecule has 156 valence electrons. The van der Waals surface area contributed by atoms with Crippen LogP contribution in [0.15, 0.2) is 36.7 Å². The number of esters is 1. The normalized spacial score (nSPS) is 15.4. The minimum atomic E-state index is -0.239. The van der Waals surface area contributed by atoms with Crippen molar-refractivity contribution in [3.8, 4) is 11.1 Å². The fraction of sp³-hybridized carbons (Fsp3) is 0.409. The molecule has 1 aliphatic heterocycles. The number of rotatable bonds is 6. The lowest BCUT2D eigenvalue weighted by atomic mass is 9.90. The fourth-order valence-electron chi connectivity index (χ4n) is 3.91. The molecule has 0 bridgehead atoms. The van der Waals surface area contributed by atoms with Gasteiger partial charge in [-0.05, 0) is 49.7 Å². The smallest absolute Gasteiger partial charge is 0.319 e. The van der Waals surface area contributed by atoms with Gasteiger partial charge in [-0.15, -0.1) is 0 Å². The molecule has 30 heavy (non-hydrogen) atoms. The highest BCUT2D eigenvalue weighted by Gasteiger charge is 2.26. The first-order valence-corrected chi connectivity index (χ1v) is 10.1. The van der Waals surface area contributed by atoms with Crippen LogP contribution >= 0.6 is 0 Å². The lowest BCUT2D eigenvalue weighted by Gasteiger charge is -2.30. The van der Waals surface area contributed by atoms with Crippen molar-refractivity contribution in [3.63, 3.8) is 0 Å². The van der Waals surface area contributed by atoms with E-state index < -0.39 is 0 Å². The number of likely N-dealkylation sites (tertiary alicyclic amines) is 1. The number of Topliss-reactive ketones (excluding diaryl/α,β-unsaturated/α-hetero) is 1. The number of fused-ring (bicyclic) bond motifs is 1. The Labute approximate surface area is 174 Å². The van der Waals surface area contributed by atoms with Gasteiger partial charge < -0.3 is 4.74 Å². The quantitative estimate of drug-likeness (QED) is 0.578. The van der Waals surface area contributed by atoms with E-state index >= 15 is 0 Å². The summed E-state index contributed by atoms with van der Waals surface area (Å²) in [4.78, 5) is 26.2. The van der Waals surface area contributed by atoms with Gasteiger partial charge in [-0.2, -0.15) is 15.3 Å². The van der Waals surface area contributed by atoms with Crippen LogP contribution in [0.5, 0.6) is 0 Å². The van der Waals surface area contributed by atoms with Gasteiger partial charge in [-0.25, -0.2) is 0 Å². The van der Waals surface area contributed by atoms with Crippen LogP contribution in [0.2, 0.25) is 0 Å². The number of carbonyl (C=O) groups is 2. The highest BCUT2D eigenvalue weighted by Crippen LogP contribution is 2.24. The lowest BCUT2D eigenvalue weighted by molar-refractivity contribution is -0.142. The van der Waals surface area contributed by atoms with Crippen LogP contribution in [-0.4, -0.2) is 63.4 Å². The summed E-state index contributed by atoms with van der Waals surface area (Å²) in [6, 6.07) is 7.95. The maximum Gasteiger partial charge on any atom is 0.319 e. The third kappa shape index (κ3) is 4.54. The fourth-order valence-corrected chi connectivity index (χ4v) is 3.91. The van der Waals surface area contributed by atoms with Crippen molar-refractivity contribution in [1.82, 2.24) is 24.9 Å². The zero-order valence-electron chi connectivity index (χ0n) is 17.2. The Bertz CT molecular complexity index is 1070. The van der Waals surface area contributed by atoms with Crippen LogP contribution in [0.1, 0.15) is 18.5 Å². The molecule has 3 aromatic rings. The van der Waals surface area contributed by atoms with Gasteiger partial charge in [0.2, 0.25) is 0 Å². The summed E-state index contributed by atoms with van der Waals surface area (Å²) in [7, 11) is 3.28. The monoisotopic (exact) mass is 407 g/mol. The molecule has 4 rings (SSSR count). The minimum Gasteiger partial charge on any atom is -0.468 e. The molecular formula is C22H25N5O3. The van der Waals surface area contributed by atoms with E-state index in [4.69, 9.17) is 4.74 Å². The molecule has 0 N–H and O–H groups in total. The number of aromatic nitrogens is 4. The van der Waals surface area contributed by atoms with Crippen molar-refractivity contribution in [2.24, 2.45) is 13.0 Å². The molecule has 0 aliphatic carbocycles. The molecule has 0 spiro atoms. The molecule has 8 heteroatoms. The Morgan fingerprint density at radius 2 is 1.93 bits per heavy atom. The number of benzene rings is 1. The van der Waals surface area contributed by atoms with E-state index in [1.54, 1.807) is 4.68 Å². The molecule has 1 saturated heterocycles. The van der Waals surface area contributed by atoms with E-state index in [0.717, 1.165) is 48.0 Å². The maximum atomic E-state index is 12.8. The van der Waals surface area contributed by atoms with Crippen LogP contribution in [-0.2, 0) is 27.8 Å². The number of carbonyl (C=O) groups excluding carboxylic acids is 2. The van der Waals surface area contributed by atoms with Gasteiger partial charge >= 0.3 is 5.97 Å². The highest BCUT2D eigenvalue weighted by molar-refractivity contribution is 5.86. The Hall–Kier alpha value is -3.13. The third-order valence-corrected chi connectivity index (χ3v) is 5.65. The second kappa shape index (κ2) is 8.71. The summed E-state index contributed by atoms with van der Waals surface area (Å²) in [5.74, 6) is -0.0558. The molecule has 0 radical (unpaired) electrons. The first kappa shape index (κ1) is 20.2. The molecule has 1 fully saturated rings. The van der Waals surface area contributed by atoms with Crippen LogP contribution in [0.4, 0.5) is 0 Å². The molecule has 8 nitrogen and oxygen atoms in total. The third-order valence-electron chi connectivity index (χ3n) is 5.65. The number of nitrogens with zero attached hydrogens (tertiary/aromatic N) is 5. The second-order valence-electron chi connectivity index (χ2n) is 7.78. The number of piperidine rings is 1. The van der Waals surface area contributed by atoms with Crippen molar-refractivity contribution >= 4 is 22.7 Å². The number of hydrogen-bond donors (Lipinski definition) is 0. The van der Waals surface area contributed by atoms with Crippen LogP contribution in [0, 0.1) is 5.92 Å². The van der Waals surface area contributed by atoms with Crippen LogP contribution in [0.25, 0.3) is 22.0 Å². The summed E-state index contributed by atoms with van der Waals surface area (Å²) >= 11 is 0. The van der Waals surface area contributed by atoms with Gasteiger partial charge in [0.05, 0.1) is 37.5 Å². The van der Waals surface area contributed by atoms with E-state index in [1.807, 2.05) is 42.5 Å². The van der Waals surface area contributed by atoms with Gasteiger partial charge in [0.15, 0.2) is 0 Å². The molecule has 2 aromatic heterocycles. The van der Waals surface area contributed by atoms with Crippen LogP contribution in [0.3, 0.4) is 0 Å². The topological polar surface area (TPSA) is 90.2 Å². The average Bonchev–Trinajstić information content (AvgIpc) is 3.20. The van der Waals surface area contributed by atoms with Crippen LogP contribution < -0.4 is 0 Å². The minimum absolute atomic E-state index is 0.00174. The molecule has 3 heterocycles. The summed E-state index contributed by atoms with van der Waals surface area (Å²) < 4.78 is 6.48. The van der Waals surface area contributed by atoms with E-state index in [-0.39, 0.29) is 30.6 Å². The van der Waals surface area contributed by atoms with Gasteiger partial charge in [-0.3, -0.25) is 19.2 Å². The van der Waals surface area contributed by atoms with E-state index in [1.165, 1.54) is 7.11 Å². The first-order valence-electron chi connectivity index (χ1n) is 10.1. The Balaban J connectivity index is 1.42. The average molecular weight is 407 g/mol. The zero-order chi connectivity index (χ0) is 21.1. The van der Waals surface area contributed by atoms with Gasteiger partial charge in [0.1, 0.15) is 5.78 Å². The van der Waals surface area contributed by atoms with Crippen molar-refractivity contribution in [2.75, 3.05) is 26.7 Å². The standard InChI is InChI=1S/C22H25N5O3/c1-26-13-18(12-23-26)16-3-4-20-17(9-16)10-19(24-25-20)11-21(28)15-5-7-27(8-6-15)14-22(29)30-2/h3-4,9-10,12-13,15H,5-8,11,14H2,1-2H3. The SMILES string of the molecule is COC(=O)CN1CCC(C(=O)Cc2cc3cc(-c4cnn(C)c4)ccc3nn2)CC1. The first-order chi connectivity index (χ1) is 14.5. The maximum absolute atomic E-state index is 12.8. The lowest BCUT2D eigenvalue weighted by Crippen LogP contribution is -2.39. The van der Waals surface area contributed by atoms with E-state index in [9.17, 15) is 9.59 Å². The predicted molar refractivity (Wildman–Crippen MR) is 112 cm³/mol. The van der Waals surface area contributed by atoms with Gasteiger partial charge in [0, 0.05) is 30.1 Å². The number of hydrogen-bond acceptors (Lipinski definition) is 7. The van der Waals surface area contributed by atoms with E-state index in [0.29, 0.717) is 5.69 Å². The Kier molecular flexibility index (Phi) is 5.85. The number of ether oxygens (including phenoxy) is 1. The van der Waals surface area contributed by atoms with Crippen molar-refractivity contribution in [2.45, 2.75) is 19.3 Å². The summed E-state index contributed by atoms with van der Waals surface area (Å²) in [5, 5.41) is 13.7. The molecule has 0 amide bonds. The molecule has 0 unspecified atom stereocenters. The molecule has 0 saturated carbocycles. The number of methoxy groups -OCH3 is 1. The van der Waals surface area contributed by atoms with Crippen molar-refractivity contribution in [3.05, 3.63) is 42.4 Å².